The summed E-state index contributed by atoms with van der Waals surface area (Å²) < 4.78 is 5.25. The Kier molecular flexibility index (Phi) is 4.18. The predicted molar refractivity (Wildman–Crippen MR) is 72.8 cm³/mol. The number of hydrogen-bond acceptors (Lipinski definition) is 3. The van der Waals surface area contributed by atoms with Crippen molar-refractivity contribution < 1.29 is 4.74 Å². The average molecular weight is 247 g/mol. The van der Waals surface area contributed by atoms with Gasteiger partial charge in [-0.15, -0.1) is 11.3 Å². The standard InChI is InChI=1S/C14H17NOS/c1-16-13-5-2-4-11(8-13)12(10-15)9-14-6-3-7-17-14/h2-8,12H,9-10,15H2,1H3. The van der Waals surface area contributed by atoms with Crippen molar-refractivity contribution in [3.05, 3.63) is 52.2 Å². The van der Waals surface area contributed by atoms with Crippen LogP contribution in [0.5, 0.6) is 5.75 Å². The van der Waals surface area contributed by atoms with E-state index < -0.39 is 0 Å². The molecule has 90 valence electrons. The molecule has 2 N–H and O–H groups in total. The van der Waals surface area contributed by atoms with Crippen LogP contribution in [0.3, 0.4) is 0 Å². The number of hydrogen-bond donors (Lipinski definition) is 1. The Labute approximate surface area is 106 Å². The van der Waals surface area contributed by atoms with Crippen LogP contribution in [-0.4, -0.2) is 13.7 Å². The van der Waals surface area contributed by atoms with Crippen LogP contribution in [0, 0.1) is 0 Å². The Hall–Kier alpha value is -1.32. The minimum atomic E-state index is 0.365. The predicted octanol–water partition coefficient (Wildman–Crippen LogP) is 3.04. The lowest BCUT2D eigenvalue weighted by Gasteiger charge is -2.15. The fraction of sp³-hybridized carbons (Fsp3) is 0.286. The molecule has 0 spiro atoms. The van der Waals surface area contributed by atoms with E-state index in [1.807, 2.05) is 12.1 Å². The molecule has 1 unspecified atom stereocenters. The van der Waals surface area contributed by atoms with Crippen LogP contribution in [0.4, 0.5) is 0 Å². The van der Waals surface area contributed by atoms with Crippen LogP contribution in [-0.2, 0) is 6.42 Å². The lowest BCUT2D eigenvalue weighted by molar-refractivity contribution is 0.414. The second kappa shape index (κ2) is 5.84. The van der Waals surface area contributed by atoms with Crippen LogP contribution < -0.4 is 10.5 Å². The number of rotatable bonds is 5. The summed E-state index contributed by atoms with van der Waals surface area (Å²) in [5.74, 6) is 1.26. The molecular weight excluding hydrogens is 230 g/mol. The van der Waals surface area contributed by atoms with Crippen LogP contribution in [0.15, 0.2) is 41.8 Å². The van der Waals surface area contributed by atoms with E-state index in [0.717, 1.165) is 12.2 Å². The second-order valence-electron chi connectivity index (χ2n) is 3.99. The number of thiophene rings is 1. The molecule has 0 aliphatic carbocycles. The van der Waals surface area contributed by atoms with Gasteiger partial charge in [0.15, 0.2) is 0 Å². The molecule has 3 heteroatoms. The summed E-state index contributed by atoms with van der Waals surface area (Å²) in [5.41, 5.74) is 7.13. The van der Waals surface area contributed by atoms with Crippen molar-refractivity contribution in [2.75, 3.05) is 13.7 Å². The normalized spacial score (nSPS) is 12.4. The van der Waals surface area contributed by atoms with Gasteiger partial charge in [-0.1, -0.05) is 18.2 Å². The summed E-state index contributed by atoms with van der Waals surface area (Å²) in [4.78, 5) is 1.38. The minimum absolute atomic E-state index is 0.365. The maximum Gasteiger partial charge on any atom is 0.119 e. The molecule has 0 aliphatic heterocycles. The summed E-state index contributed by atoms with van der Waals surface area (Å²) in [5, 5.41) is 2.11. The van der Waals surface area contributed by atoms with Gasteiger partial charge in [0.1, 0.15) is 5.75 Å². The molecule has 1 aromatic heterocycles. The highest BCUT2D eigenvalue weighted by Crippen LogP contribution is 2.25. The molecule has 2 aromatic rings. The molecule has 1 aromatic carbocycles. The molecule has 0 saturated heterocycles. The van der Waals surface area contributed by atoms with Crippen molar-refractivity contribution in [2.45, 2.75) is 12.3 Å². The zero-order chi connectivity index (χ0) is 12.1. The Morgan fingerprint density at radius 3 is 2.82 bits per heavy atom. The van der Waals surface area contributed by atoms with Crippen molar-refractivity contribution >= 4 is 11.3 Å². The molecule has 2 nitrogen and oxygen atoms in total. The zero-order valence-electron chi connectivity index (χ0n) is 9.93. The molecule has 0 radical (unpaired) electrons. The van der Waals surface area contributed by atoms with E-state index >= 15 is 0 Å². The third kappa shape index (κ3) is 3.08. The third-order valence-electron chi connectivity index (χ3n) is 2.88. The topological polar surface area (TPSA) is 35.2 Å². The molecule has 17 heavy (non-hydrogen) atoms. The molecule has 0 fully saturated rings. The molecule has 2 rings (SSSR count). The molecule has 0 aliphatic rings. The van der Waals surface area contributed by atoms with Gasteiger partial charge in [-0.2, -0.15) is 0 Å². The Balaban J connectivity index is 2.16. The smallest absolute Gasteiger partial charge is 0.119 e. The van der Waals surface area contributed by atoms with E-state index in [2.05, 4.69) is 29.6 Å². The highest BCUT2D eigenvalue weighted by atomic mass is 32.1. The maximum atomic E-state index is 5.88. The van der Waals surface area contributed by atoms with E-state index in [1.54, 1.807) is 18.4 Å². The molecule has 0 saturated carbocycles. The zero-order valence-corrected chi connectivity index (χ0v) is 10.7. The summed E-state index contributed by atoms with van der Waals surface area (Å²) in [6.45, 7) is 0.658. The van der Waals surface area contributed by atoms with Gasteiger partial charge in [-0.3, -0.25) is 0 Å². The van der Waals surface area contributed by atoms with Gasteiger partial charge in [0.2, 0.25) is 0 Å². The Morgan fingerprint density at radius 2 is 2.18 bits per heavy atom. The van der Waals surface area contributed by atoms with Gasteiger partial charge in [-0.05, 0) is 42.1 Å². The SMILES string of the molecule is COc1cccc(C(CN)Cc2cccs2)c1. The summed E-state index contributed by atoms with van der Waals surface area (Å²) >= 11 is 1.78. The van der Waals surface area contributed by atoms with E-state index in [0.29, 0.717) is 12.5 Å². The first-order valence-electron chi connectivity index (χ1n) is 5.70. The van der Waals surface area contributed by atoms with Gasteiger partial charge in [0.25, 0.3) is 0 Å². The molecular formula is C14H17NOS. The lowest BCUT2D eigenvalue weighted by atomic mass is 9.95. The second-order valence-corrected chi connectivity index (χ2v) is 5.02. The third-order valence-corrected chi connectivity index (χ3v) is 3.78. The first kappa shape index (κ1) is 12.1. The average Bonchev–Trinajstić information content (AvgIpc) is 2.89. The fourth-order valence-electron chi connectivity index (χ4n) is 1.90. The van der Waals surface area contributed by atoms with Crippen molar-refractivity contribution in [1.29, 1.82) is 0 Å². The Morgan fingerprint density at radius 1 is 1.29 bits per heavy atom. The number of nitrogens with two attached hydrogens (primary N) is 1. The van der Waals surface area contributed by atoms with Crippen molar-refractivity contribution in [2.24, 2.45) is 5.73 Å². The first-order valence-corrected chi connectivity index (χ1v) is 6.58. The minimum Gasteiger partial charge on any atom is -0.497 e. The summed E-state index contributed by atoms with van der Waals surface area (Å²) in [7, 11) is 1.69. The highest BCUT2D eigenvalue weighted by Gasteiger charge is 2.11. The van der Waals surface area contributed by atoms with Crippen LogP contribution in [0.2, 0.25) is 0 Å². The van der Waals surface area contributed by atoms with Gasteiger partial charge in [-0.25, -0.2) is 0 Å². The van der Waals surface area contributed by atoms with Crippen molar-refractivity contribution in [3.63, 3.8) is 0 Å². The molecule has 0 bridgehead atoms. The van der Waals surface area contributed by atoms with Gasteiger partial charge >= 0.3 is 0 Å². The number of benzene rings is 1. The van der Waals surface area contributed by atoms with Crippen LogP contribution >= 0.6 is 11.3 Å². The number of methoxy groups -OCH3 is 1. The van der Waals surface area contributed by atoms with Crippen molar-refractivity contribution in [1.82, 2.24) is 0 Å². The molecule has 1 heterocycles. The van der Waals surface area contributed by atoms with Gasteiger partial charge in [0.05, 0.1) is 7.11 Å². The van der Waals surface area contributed by atoms with Gasteiger partial charge < -0.3 is 10.5 Å². The Bertz CT molecular complexity index is 453. The van der Waals surface area contributed by atoms with E-state index in [1.165, 1.54) is 10.4 Å². The van der Waals surface area contributed by atoms with E-state index in [4.69, 9.17) is 10.5 Å². The summed E-state index contributed by atoms with van der Waals surface area (Å²) in [6, 6.07) is 12.4. The molecule has 0 amide bonds. The monoisotopic (exact) mass is 247 g/mol. The van der Waals surface area contributed by atoms with Crippen molar-refractivity contribution in [3.8, 4) is 5.75 Å². The van der Waals surface area contributed by atoms with Gasteiger partial charge in [0, 0.05) is 10.8 Å². The largest absolute Gasteiger partial charge is 0.497 e. The van der Waals surface area contributed by atoms with E-state index in [-0.39, 0.29) is 0 Å². The highest BCUT2D eigenvalue weighted by molar-refractivity contribution is 7.09. The molecule has 1 atom stereocenters. The van der Waals surface area contributed by atoms with Crippen LogP contribution in [0.25, 0.3) is 0 Å². The maximum absolute atomic E-state index is 5.88. The van der Waals surface area contributed by atoms with E-state index in [9.17, 15) is 0 Å². The first-order chi connectivity index (χ1) is 8.33. The fourth-order valence-corrected chi connectivity index (χ4v) is 2.69. The quantitative estimate of drug-likeness (QED) is 0.881. The lowest BCUT2D eigenvalue weighted by Crippen LogP contribution is -2.14. The number of ether oxygens (including phenoxy) is 1. The van der Waals surface area contributed by atoms with Crippen LogP contribution in [0.1, 0.15) is 16.4 Å². The summed E-state index contributed by atoms with van der Waals surface area (Å²) in [6.07, 6.45) is 1.00.